The molecule has 0 saturated heterocycles. The highest BCUT2D eigenvalue weighted by Crippen LogP contribution is 2.37. The molecular weight excluding hydrogens is 484 g/mol. The number of ether oxygens (including phenoxy) is 2. The van der Waals surface area contributed by atoms with Gasteiger partial charge < -0.3 is 25.1 Å². The Morgan fingerprint density at radius 1 is 1.19 bits per heavy atom. The van der Waals surface area contributed by atoms with Crippen LogP contribution in [0.3, 0.4) is 0 Å². The predicted molar refractivity (Wildman–Crippen MR) is 131 cm³/mol. The van der Waals surface area contributed by atoms with Crippen LogP contribution in [0.25, 0.3) is 22.3 Å². The lowest BCUT2D eigenvalue weighted by molar-refractivity contribution is -0.125. The molecule has 2 aliphatic carbocycles. The number of nitrogens with one attached hydrogen (secondary N) is 3. The molecule has 2 heterocycles. The maximum atomic E-state index is 14.7. The first-order valence-electron chi connectivity index (χ1n) is 12.3. The average Bonchev–Trinajstić information content (AvgIpc) is 3.53. The van der Waals surface area contributed by atoms with Gasteiger partial charge in [0.15, 0.2) is 0 Å². The van der Waals surface area contributed by atoms with Gasteiger partial charge in [-0.3, -0.25) is 9.59 Å². The summed E-state index contributed by atoms with van der Waals surface area (Å²) in [5, 5.41) is 5.48. The normalized spacial score (nSPS) is 21.2. The molecule has 1 aromatic carbocycles. The van der Waals surface area contributed by atoms with E-state index in [9.17, 15) is 18.4 Å². The minimum Gasteiger partial charge on any atom is -0.493 e. The van der Waals surface area contributed by atoms with Crippen molar-refractivity contribution >= 4 is 22.8 Å². The molecule has 2 aromatic heterocycles. The van der Waals surface area contributed by atoms with E-state index < -0.39 is 30.0 Å². The van der Waals surface area contributed by atoms with Crippen molar-refractivity contribution in [2.24, 2.45) is 5.92 Å². The number of H-pyrrole nitrogens is 1. The molecule has 0 radical (unpaired) electrons. The molecule has 0 spiro atoms. The fourth-order valence-corrected chi connectivity index (χ4v) is 4.80. The Morgan fingerprint density at radius 3 is 2.76 bits per heavy atom. The molecule has 3 aromatic rings. The zero-order valence-corrected chi connectivity index (χ0v) is 20.6. The van der Waals surface area contributed by atoms with E-state index in [-0.39, 0.29) is 30.9 Å². The van der Waals surface area contributed by atoms with Crippen molar-refractivity contribution in [1.82, 2.24) is 25.6 Å². The summed E-state index contributed by atoms with van der Waals surface area (Å²) in [4.78, 5) is 36.9. The fraction of sp³-hybridized carbons (Fsp3) is 0.462. The number of alkyl halides is 1. The predicted octanol–water partition coefficient (Wildman–Crippen LogP) is 3.22. The van der Waals surface area contributed by atoms with E-state index in [2.05, 4.69) is 25.6 Å². The van der Waals surface area contributed by atoms with Crippen molar-refractivity contribution in [3.05, 3.63) is 41.6 Å². The van der Waals surface area contributed by atoms with Crippen LogP contribution in [0.5, 0.6) is 5.75 Å². The Kier molecular flexibility index (Phi) is 7.05. The molecule has 0 aliphatic heterocycles. The Bertz CT molecular complexity index is 1330. The number of carbonyl (C=O) groups is 2. The largest absolute Gasteiger partial charge is 0.493 e. The Morgan fingerprint density at radius 2 is 2.00 bits per heavy atom. The molecule has 3 atom stereocenters. The summed E-state index contributed by atoms with van der Waals surface area (Å²) in [6.07, 6.45) is 2.59. The summed E-state index contributed by atoms with van der Waals surface area (Å²) in [6, 6.07) is 3.10. The van der Waals surface area contributed by atoms with Crippen LogP contribution in [-0.4, -0.2) is 65.3 Å². The van der Waals surface area contributed by atoms with Gasteiger partial charge in [-0.15, -0.1) is 0 Å². The van der Waals surface area contributed by atoms with Crippen LogP contribution < -0.4 is 15.4 Å². The number of hydrogen-bond donors (Lipinski definition) is 3. The molecule has 3 unspecified atom stereocenters. The highest BCUT2D eigenvalue weighted by atomic mass is 19.1. The number of aromatic nitrogens is 3. The van der Waals surface area contributed by atoms with Crippen molar-refractivity contribution in [2.75, 3.05) is 20.3 Å². The van der Waals surface area contributed by atoms with Crippen LogP contribution in [0.2, 0.25) is 0 Å². The van der Waals surface area contributed by atoms with Gasteiger partial charge in [-0.25, -0.2) is 18.7 Å². The number of aromatic amines is 1. The summed E-state index contributed by atoms with van der Waals surface area (Å²) in [6.45, 7) is 2.15. The molecule has 3 N–H and O–H groups in total. The van der Waals surface area contributed by atoms with Gasteiger partial charge in [0, 0.05) is 30.8 Å². The van der Waals surface area contributed by atoms with Gasteiger partial charge >= 0.3 is 0 Å². The monoisotopic (exact) mass is 513 g/mol. The number of rotatable bonds is 9. The molecule has 196 valence electrons. The van der Waals surface area contributed by atoms with Crippen molar-refractivity contribution in [1.29, 1.82) is 0 Å². The van der Waals surface area contributed by atoms with E-state index in [0.29, 0.717) is 46.3 Å². The van der Waals surface area contributed by atoms with Gasteiger partial charge in [-0.1, -0.05) is 0 Å². The van der Waals surface area contributed by atoms with Crippen LogP contribution in [0, 0.1) is 18.7 Å². The molecule has 2 amide bonds. The highest BCUT2D eigenvalue weighted by Gasteiger charge is 2.37. The lowest BCUT2D eigenvalue weighted by Crippen LogP contribution is -2.40. The van der Waals surface area contributed by atoms with Gasteiger partial charge in [0.05, 0.1) is 23.7 Å². The molecule has 11 heteroatoms. The van der Waals surface area contributed by atoms with E-state index in [4.69, 9.17) is 9.47 Å². The van der Waals surface area contributed by atoms with E-state index in [1.807, 2.05) is 0 Å². The number of methoxy groups -OCH3 is 1. The minimum absolute atomic E-state index is 0.1000. The second-order valence-electron chi connectivity index (χ2n) is 9.73. The van der Waals surface area contributed by atoms with Gasteiger partial charge in [0.2, 0.25) is 5.91 Å². The molecule has 2 saturated carbocycles. The number of amides is 2. The summed E-state index contributed by atoms with van der Waals surface area (Å²) in [5.74, 6) is -0.256. The molecule has 5 rings (SSSR count). The zero-order valence-electron chi connectivity index (χ0n) is 20.6. The number of benzene rings is 1. The third-order valence-corrected chi connectivity index (χ3v) is 6.81. The van der Waals surface area contributed by atoms with Crippen molar-refractivity contribution < 1.29 is 27.8 Å². The number of hydrogen-bond acceptors (Lipinski definition) is 6. The van der Waals surface area contributed by atoms with Gasteiger partial charge in [0.25, 0.3) is 5.91 Å². The van der Waals surface area contributed by atoms with E-state index >= 15 is 0 Å². The number of carbonyl (C=O) groups excluding carboxylic acids is 2. The van der Waals surface area contributed by atoms with Crippen LogP contribution >= 0.6 is 0 Å². The SMILES string of the molecule is COCC(=O)NC1CC(F)C(NC(=O)c2c(C)[nH]c3c(-c4cc(F)ccc4OCC4CC4)ncnc23)C1. The second kappa shape index (κ2) is 10.4. The van der Waals surface area contributed by atoms with E-state index in [1.165, 1.54) is 25.6 Å². The lowest BCUT2D eigenvalue weighted by atomic mass is 10.1. The molecule has 2 fully saturated rings. The topological polar surface area (TPSA) is 118 Å². The van der Waals surface area contributed by atoms with Crippen LogP contribution in [0.1, 0.15) is 41.7 Å². The molecule has 37 heavy (non-hydrogen) atoms. The number of nitrogens with zero attached hydrogens (tertiary/aromatic N) is 2. The number of halogens is 2. The van der Waals surface area contributed by atoms with Crippen LogP contribution in [0.4, 0.5) is 8.78 Å². The fourth-order valence-electron chi connectivity index (χ4n) is 4.80. The van der Waals surface area contributed by atoms with Crippen molar-refractivity contribution in [3.8, 4) is 17.0 Å². The lowest BCUT2D eigenvalue weighted by Gasteiger charge is -2.15. The Labute approximate surface area is 212 Å². The summed E-state index contributed by atoms with van der Waals surface area (Å²) in [5.41, 5.74) is 2.44. The minimum atomic E-state index is -1.31. The van der Waals surface area contributed by atoms with Gasteiger partial charge in [0.1, 0.15) is 41.9 Å². The first kappa shape index (κ1) is 25.1. The molecule has 0 bridgehead atoms. The first-order valence-corrected chi connectivity index (χ1v) is 12.3. The average molecular weight is 514 g/mol. The van der Waals surface area contributed by atoms with Crippen molar-refractivity contribution in [3.63, 3.8) is 0 Å². The smallest absolute Gasteiger partial charge is 0.255 e. The number of aryl methyl sites for hydroxylation is 1. The third-order valence-electron chi connectivity index (χ3n) is 6.81. The Hall–Kier alpha value is -3.60. The van der Waals surface area contributed by atoms with Gasteiger partial charge in [-0.2, -0.15) is 0 Å². The summed E-state index contributed by atoms with van der Waals surface area (Å²) >= 11 is 0. The molecule has 2 aliphatic rings. The van der Waals surface area contributed by atoms with Crippen molar-refractivity contribution in [2.45, 2.75) is 50.9 Å². The second-order valence-corrected chi connectivity index (χ2v) is 9.73. The maximum Gasteiger partial charge on any atom is 0.255 e. The van der Waals surface area contributed by atoms with E-state index in [0.717, 1.165) is 12.8 Å². The standard InChI is InChI=1S/C26H29F2N5O4/c1-13-22(26(35)33-19-9-16(8-18(19)28)32-21(34)11-36-2)24-25(31-13)23(29-12-30-24)17-7-15(27)5-6-20(17)37-10-14-3-4-14/h5-7,12,14,16,18-19,31H,3-4,8-11H2,1-2H3,(H,32,34)(H,33,35). The molecular formula is C26H29F2N5O4. The highest BCUT2D eigenvalue weighted by molar-refractivity contribution is 6.09. The maximum absolute atomic E-state index is 14.7. The van der Waals surface area contributed by atoms with Crippen LogP contribution in [0.15, 0.2) is 24.5 Å². The summed E-state index contributed by atoms with van der Waals surface area (Å²) < 4.78 is 39.7. The first-order chi connectivity index (χ1) is 17.8. The van der Waals surface area contributed by atoms with Gasteiger partial charge in [-0.05, 0) is 50.3 Å². The summed E-state index contributed by atoms with van der Waals surface area (Å²) in [7, 11) is 1.41. The quantitative estimate of drug-likeness (QED) is 0.404. The third kappa shape index (κ3) is 5.41. The number of fused-ring (bicyclic) bond motifs is 1. The van der Waals surface area contributed by atoms with E-state index in [1.54, 1.807) is 13.0 Å². The molecule has 9 nitrogen and oxygen atoms in total. The Balaban J connectivity index is 1.39. The van der Waals surface area contributed by atoms with Crippen LogP contribution in [-0.2, 0) is 9.53 Å². The zero-order chi connectivity index (χ0) is 26.1.